The van der Waals surface area contributed by atoms with E-state index in [1.165, 1.54) is 9.80 Å². The van der Waals surface area contributed by atoms with Gasteiger partial charge >= 0.3 is 6.18 Å². The smallest absolute Gasteiger partial charge is 0.382 e. The Morgan fingerprint density at radius 2 is 2.00 bits per heavy atom. The van der Waals surface area contributed by atoms with Crippen LogP contribution in [-0.2, 0) is 9.53 Å². The van der Waals surface area contributed by atoms with E-state index in [1.807, 2.05) is 11.8 Å². The van der Waals surface area contributed by atoms with Crippen molar-refractivity contribution in [1.29, 1.82) is 0 Å². The van der Waals surface area contributed by atoms with Gasteiger partial charge in [0, 0.05) is 53.5 Å². The standard InChI is InChI=1S/C19H36F3N5O2.HI/c1-5-26(15-19(20,21)22)13-16-8-10-27(14-16)18(23-9-7-11-29-6-2)24-12-17(28)25(3)4;/h16H,5-15H2,1-4H3,(H,23,24);1H. The summed E-state index contributed by atoms with van der Waals surface area (Å²) in [7, 11) is 3.36. The number of alkyl halides is 3. The molecule has 178 valence electrons. The molecular weight excluding hydrogens is 514 g/mol. The summed E-state index contributed by atoms with van der Waals surface area (Å²) >= 11 is 0. The number of ether oxygens (including phenoxy) is 1. The number of carbonyl (C=O) groups is 1. The zero-order valence-electron chi connectivity index (χ0n) is 18.5. The quantitative estimate of drug-likeness (QED) is 0.185. The predicted octanol–water partition coefficient (Wildman–Crippen LogP) is 2.27. The molecule has 1 atom stereocenters. The SMILES string of the molecule is CCOCCCNC(=NCC(=O)N(C)C)N1CCC(CN(CC)CC(F)(F)F)C1.I. The monoisotopic (exact) mass is 551 g/mol. The molecule has 1 N–H and O–H groups in total. The molecule has 0 aromatic heterocycles. The van der Waals surface area contributed by atoms with Gasteiger partial charge in [0.15, 0.2) is 5.96 Å². The van der Waals surface area contributed by atoms with Crippen molar-refractivity contribution in [2.45, 2.75) is 32.9 Å². The van der Waals surface area contributed by atoms with Gasteiger partial charge in [0.2, 0.25) is 5.91 Å². The van der Waals surface area contributed by atoms with Crippen LogP contribution in [0.4, 0.5) is 13.2 Å². The van der Waals surface area contributed by atoms with E-state index in [2.05, 4.69) is 10.3 Å². The normalized spacial score (nSPS) is 17.3. The molecule has 1 rings (SSSR count). The van der Waals surface area contributed by atoms with Crippen molar-refractivity contribution in [2.75, 3.05) is 73.1 Å². The van der Waals surface area contributed by atoms with Crippen LogP contribution in [0.1, 0.15) is 26.7 Å². The summed E-state index contributed by atoms with van der Waals surface area (Å²) in [6, 6.07) is 0. The Kier molecular flexibility index (Phi) is 14.6. The molecule has 0 aromatic rings. The Morgan fingerprint density at radius 3 is 2.57 bits per heavy atom. The Bertz CT molecular complexity index is 521. The van der Waals surface area contributed by atoms with Crippen molar-refractivity contribution in [2.24, 2.45) is 10.9 Å². The van der Waals surface area contributed by atoms with E-state index >= 15 is 0 Å². The van der Waals surface area contributed by atoms with Crippen molar-refractivity contribution in [3.63, 3.8) is 0 Å². The first kappa shape index (κ1) is 29.2. The summed E-state index contributed by atoms with van der Waals surface area (Å²) in [6.45, 7) is 6.91. The van der Waals surface area contributed by atoms with Crippen molar-refractivity contribution in [3.05, 3.63) is 0 Å². The van der Waals surface area contributed by atoms with Crippen molar-refractivity contribution < 1.29 is 22.7 Å². The molecule has 0 bridgehead atoms. The minimum atomic E-state index is -4.18. The number of halogens is 4. The number of likely N-dealkylation sites (N-methyl/N-ethyl adjacent to an activating group) is 1. The molecule has 0 spiro atoms. The number of nitrogens with zero attached hydrogens (tertiary/aromatic N) is 4. The number of aliphatic imine (C=N–C) groups is 1. The molecule has 1 fully saturated rings. The summed E-state index contributed by atoms with van der Waals surface area (Å²) in [6.07, 6.45) is -2.58. The van der Waals surface area contributed by atoms with Crippen molar-refractivity contribution >= 4 is 35.8 Å². The molecule has 1 unspecified atom stereocenters. The highest BCUT2D eigenvalue weighted by Gasteiger charge is 2.33. The van der Waals surface area contributed by atoms with E-state index in [4.69, 9.17) is 4.74 Å². The van der Waals surface area contributed by atoms with Crippen LogP contribution in [0.25, 0.3) is 0 Å². The highest BCUT2D eigenvalue weighted by molar-refractivity contribution is 14.0. The second-order valence-electron chi connectivity index (χ2n) is 7.45. The fraction of sp³-hybridized carbons (Fsp3) is 0.895. The van der Waals surface area contributed by atoms with Gasteiger partial charge < -0.3 is 19.9 Å². The highest BCUT2D eigenvalue weighted by Crippen LogP contribution is 2.21. The Balaban J connectivity index is 0.00000841. The van der Waals surface area contributed by atoms with Gasteiger partial charge in [0.05, 0.1) is 6.54 Å². The van der Waals surface area contributed by atoms with E-state index in [1.54, 1.807) is 21.0 Å². The molecule has 0 aliphatic carbocycles. The lowest BCUT2D eigenvalue weighted by Gasteiger charge is -2.26. The average Bonchev–Trinajstić information content (AvgIpc) is 3.10. The van der Waals surface area contributed by atoms with Crippen LogP contribution in [0, 0.1) is 5.92 Å². The molecular formula is C19H37F3IN5O2. The number of likely N-dealkylation sites (tertiary alicyclic amines) is 1. The summed E-state index contributed by atoms with van der Waals surface area (Å²) in [5.74, 6) is 0.673. The molecule has 0 saturated carbocycles. The van der Waals surface area contributed by atoms with Gasteiger partial charge in [-0.1, -0.05) is 6.92 Å². The number of guanidine groups is 1. The van der Waals surface area contributed by atoms with Crippen LogP contribution in [0.5, 0.6) is 0 Å². The summed E-state index contributed by atoms with van der Waals surface area (Å²) in [5, 5.41) is 3.27. The Hall–Kier alpha value is -0.820. The second kappa shape index (κ2) is 15.1. The molecule has 1 heterocycles. The molecule has 30 heavy (non-hydrogen) atoms. The molecule has 7 nitrogen and oxygen atoms in total. The number of hydrogen-bond donors (Lipinski definition) is 1. The number of carbonyl (C=O) groups excluding carboxylic acids is 1. The molecule has 11 heteroatoms. The number of nitrogens with one attached hydrogen (secondary N) is 1. The van der Waals surface area contributed by atoms with Gasteiger partial charge in [-0.05, 0) is 32.2 Å². The minimum Gasteiger partial charge on any atom is -0.382 e. The molecule has 1 saturated heterocycles. The van der Waals surface area contributed by atoms with Crippen LogP contribution in [0.15, 0.2) is 4.99 Å². The van der Waals surface area contributed by atoms with Gasteiger partial charge in [-0.15, -0.1) is 24.0 Å². The number of hydrogen-bond acceptors (Lipinski definition) is 4. The zero-order valence-corrected chi connectivity index (χ0v) is 20.8. The molecule has 0 radical (unpaired) electrons. The topological polar surface area (TPSA) is 60.4 Å². The van der Waals surface area contributed by atoms with E-state index in [0.29, 0.717) is 51.9 Å². The third-order valence-corrected chi connectivity index (χ3v) is 4.77. The Labute approximate surface area is 195 Å². The van der Waals surface area contributed by atoms with Crippen LogP contribution in [0.3, 0.4) is 0 Å². The van der Waals surface area contributed by atoms with Gasteiger partial charge in [0.25, 0.3) is 0 Å². The first-order chi connectivity index (χ1) is 13.7. The molecule has 0 aromatic carbocycles. The minimum absolute atomic E-state index is 0. The summed E-state index contributed by atoms with van der Waals surface area (Å²) in [4.78, 5) is 21.3. The van der Waals surface area contributed by atoms with Gasteiger partial charge in [0.1, 0.15) is 6.54 Å². The fourth-order valence-electron chi connectivity index (χ4n) is 3.17. The second-order valence-corrected chi connectivity index (χ2v) is 7.45. The highest BCUT2D eigenvalue weighted by atomic mass is 127. The first-order valence-electron chi connectivity index (χ1n) is 10.3. The summed E-state index contributed by atoms with van der Waals surface area (Å²) in [5.41, 5.74) is 0. The lowest BCUT2D eigenvalue weighted by Crippen LogP contribution is -2.43. The lowest BCUT2D eigenvalue weighted by atomic mass is 10.1. The number of amides is 1. The largest absolute Gasteiger partial charge is 0.401 e. The first-order valence-corrected chi connectivity index (χ1v) is 10.3. The maximum absolute atomic E-state index is 12.7. The van der Waals surface area contributed by atoms with Crippen LogP contribution in [-0.4, -0.2) is 106 Å². The van der Waals surface area contributed by atoms with E-state index < -0.39 is 12.7 Å². The predicted molar refractivity (Wildman–Crippen MR) is 123 cm³/mol. The van der Waals surface area contributed by atoms with Crippen LogP contribution >= 0.6 is 24.0 Å². The van der Waals surface area contributed by atoms with Crippen molar-refractivity contribution in [1.82, 2.24) is 20.0 Å². The average molecular weight is 551 g/mol. The third-order valence-electron chi connectivity index (χ3n) is 4.77. The molecule has 1 amide bonds. The van der Waals surface area contributed by atoms with Crippen LogP contribution < -0.4 is 5.32 Å². The van der Waals surface area contributed by atoms with E-state index in [0.717, 1.165) is 12.8 Å². The molecule has 1 aliphatic rings. The Morgan fingerprint density at radius 1 is 1.30 bits per heavy atom. The van der Waals surface area contributed by atoms with Gasteiger partial charge in [-0.3, -0.25) is 9.69 Å². The van der Waals surface area contributed by atoms with Gasteiger partial charge in [-0.25, -0.2) is 4.99 Å². The third kappa shape index (κ3) is 12.1. The maximum atomic E-state index is 12.7. The van der Waals surface area contributed by atoms with Crippen LogP contribution in [0.2, 0.25) is 0 Å². The summed E-state index contributed by atoms with van der Waals surface area (Å²) < 4.78 is 43.5. The van der Waals surface area contributed by atoms with E-state index in [9.17, 15) is 18.0 Å². The maximum Gasteiger partial charge on any atom is 0.401 e. The zero-order chi connectivity index (χ0) is 21.9. The number of rotatable bonds is 11. The van der Waals surface area contributed by atoms with E-state index in [-0.39, 0.29) is 42.3 Å². The van der Waals surface area contributed by atoms with Gasteiger partial charge in [-0.2, -0.15) is 13.2 Å². The fourth-order valence-corrected chi connectivity index (χ4v) is 3.17. The lowest BCUT2D eigenvalue weighted by molar-refractivity contribution is -0.146. The van der Waals surface area contributed by atoms with Crippen molar-refractivity contribution in [3.8, 4) is 0 Å². The molecule has 1 aliphatic heterocycles.